The molecule has 0 aliphatic rings. The van der Waals surface area contributed by atoms with Crippen molar-refractivity contribution in [1.29, 1.82) is 0 Å². The Kier molecular flexibility index (Phi) is 4.31. The summed E-state index contributed by atoms with van der Waals surface area (Å²) in [6, 6.07) is 6.64. The van der Waals surface area contributed by atoms with E-state index in [1.165, 1.54) is 13.8 Å². The van der Waals surface area contributed by atoms with Gasteiger partial charge in [0.05, 0.1) is 0 Å². The third kappa shape index (κ3) is 3.48. The topological polar surface area (TPSA) is 86.6 Å². The quantitative estimate of drug-likeness (QED) is 0.685. The lowest BCUT2D eigenvalue weighted by Crippen LogP contribution is -2.42. The second-order valence-electron chi connectivity index (χ2n) is 4.60. The summed E-state index contributed by atoms with van der Waals surface area (Å²) in [7, 11) is 0. The van der Waals surface area contributed by atoms with Crippen molar-refractivity contribution < 1.29 is 19.8 Å². The van der Waals surface area contributed by atoms with Crippen molar-refractivity contribution >= 4 is 11.9 Å². The molecule has 0 saturated carbocycles. The summed E-state index contributed by atoms with van der Waals surface area (Å²) in [4.78, 5) is 22.5. The second-order valence-corrected chi connectivity index (χ2v) is 4.60. The first-order valence-corrected chi connectivity index (χ1v) is 5.63. The summed E-state index contributed by atoms with van der Waals surface area (Å²) in [5, 5.41) is 20.6. The molecule has 0 aliphatic carbocycles. The van der Waals surface area contributed by atoms with Gasteiger partial charge in [-0.2, -0.15) is 0 Å². The van der Waals surface area contributed by atoms with Gasteiger partial charge in [0.15, 0.2) is 0 Å². The summed E-state index contributed by atoms with van der Waals surface area (Å²) >= 11 is 0. The standard InChI is InChI=1S/C13H17NO4/c1-13(2,12(17)18)11(16)14-8-7-9-3-5-10(15)6-4-9/h3-6,15H,7-8H2,1-2H3,(H,14,16)(H,17,18). The summed E-state index contributed by atoms with van der Waals surface area (Å²) < 4.78 is 0. The van der Waals surface area contributed by atoms with Crippen LogP contribution < -0.4 is 5.32 Å². The molecular formula is C13H17NO4. The number of carboxylic acids is 1. The Balaban J connectivity index is 2.45. The number of carbonyl (C=O) groups is 2. The number of hydrogen-bond acceptors (Lipinski definition) is 3. The fraction of sp³-hybridized carbons (Fsp3) is 0.385. The maximum absolute atomic E-state index is 11.6. The SMILES string of the molecule is CC(C)(C(=O)O)C(=O)NCCc1ccc(O)cc1. The van der Waals surface area contributed by atoms with Gasteiger partial charge in [-0.05, 0) is 38.0 Å². The predicted octanol–water partition coefficient (Wildman–Crippen LogP) is 1.16. The van der Waals surface area contributed by atoms with Gasteiger partial charge in [0.2, 0.25) is 5.91 Å². The summed E-state index contributed by atoms with van der Waals surface area (Å²) in [5.41, 5.74) is -0.462. The third-order valence-corrected chi connectivity index (χ3v) is 2.74. The zero-order valence-corrected chi connectivity index (χ0v) is 10.4. The number of hydrogen-bond donors (Lipinski definition) is 3. The number of aromatic hydroxyl groups is 1. The van der Waals surface area contributed by atoms with Gasteiger partial charge in [-0.25, -0.2) is 0 Å². The lowest BCUT2D eigenvalue weighted by molar-refractivity contribution is -0.153. The second kappa shape index (κ2) is 5.53. The van der Waals surface area contributed by atoms with E-state index in [4.69, 9.17) is 10.2 Å². The molecule has 0 aromatic heterocycles. The monoisotopic (exact) mass is 251 g/mol. The smallest absolute Gasteiger partial charge is 0.318 e. The zero-order chi connectivity index (χ0) is 13.8. The van der Waals surface area contributed by atoms with Crippen LogP contribution in [0.3, 0.4) is 0 Å². The first-order chi connectivity index (χ1) is 8.34. The molecular weight excluding hydrogens is 234 g/mol. The van der Waals surface area contributed by atoms with Crippen LogP contribution >= 0.6 is 0 Å². The highest BCUT2D eigenvalue weighted by Gasteiger charge is 2.35. The maximum Gasteiger partial charge on any atom is 0.318 e. The molecule has 0 bridgehead atoms. The number of phenolic OH excluding ortho intramolecular Hbond substituents is 1. The van der Waals surface area contributed by atoms with Crippen LogP contribution in [0.25, 0.3) is 0 Å². The molecule has 1 aromatic rings. The fourth-order valence-corrected chi connectivity index (χ4v) is 1.30. The Hall–Kier alpha value is -2.04. The lowest BCUT2D eigenvalue weighted by Gasteiger charge is -2.18. The first-order valence-electron chi connectivity index (χ1n) is 5.63. The van der Waals surface area contributed by atoms with Gasteiger partial charge in [0, 0.05) is 6.54 Å². The average molecular weight is 251 g/mol. The van der Waals surface area contributed by atoms with E-state index in [0.29, 0.717) is 13.0 Å². The largest absolute Gasteiger partial charge is 0.508 e. The molecule has 0 spiro atoms. The van der Waals surface area contributed by atoms with Crippen LogP contribution in [0.15, 0.2) is 24.3 Å². The molecule has 0 radical (unpaired) electrons. The van der Waals surface area contributed by atoms with Crippen molar-refractivity contribution in [3.05, 3.63) is 29.8 Å². The maximum atomic E-state index is 11.6. The molecule has 0 aliphatic heterocycles. The Labute approximate surface area is 105 Å². The Morgan fingerprint density at radius 1 is 1.22 bits per heavy atom. The van der Waals surface area contributed by atoms with Crippen molar-refractivity contribution in [3.8, 4) is 5.75 Å². The molecule has 1 aromatic carbocycles. The van der Waals surface area contributed by atoms with Crippen LogP contribution in [-0.4, -0.2) is 28.6 Å². The van der Waals surface area contributed by atoms with Crippen LogP contribution in [0.2, 0.25) is 0 Å². The van der Waals surface area contributed by atoms with Gasteiger partial charge in [-0.15, -0.1) is 0 Å². The lowest BCUT2D eigenvalue weighted by atomic mass is 9.92. The Morgan fingerprint density at radius 3 is 2.28 bits per heavy atom. The van der Waals surface area contributed by atoms with Crippen molar-refractivity contribution in [1.82, 2.24) is 5.32 Å². The van der Waals surface area contributed by atoms with Gasteiger partial charge in [-0.3, -0.25) is 9.59 Å². The molecule has 0 fully saturated rings. The molecule has 1 rings (SSSR count). The van der Waals surface area contributed by atoms with Crippen LogP contribution in [0.1, 0.15) is 19.4 Å². The van der Waals surface area contributed by atoms with E-state index >= 15 is 0 Å². The molecule has 0 atom stereocenters. The number of rotatable bonds is 5. The molecule has 3 N–H and O–H groups in total. The number of nitrogens with one attached hydrogen (secondary N) is 1. The van der Waals surface area contributed by atoms with E-state index in [9.17, 15) is 9.59 Å². The van der Waals surface area contributed by atoms with E-state index in [1.54, 1.807) is 24.3 Å². The summed E-state index contributed by atoms with van der Waals surface area (Å²) in [6.07, 6.45) is 0.585. The van der Waals surface area contributed by atoms with Crippen LogP contribution in [0.4, 0.5) is 0 Å². The number of aliphatic carboxylic acids is 1. The zero-order valence-electron chi connectivity index (χ0n) is 10.4. The minimum Gasteiger partial charge on any atom is -0.508 e. The van der Waals surface area contributed by atoms with Crippen molar-refractivity contribution in [2.45, 2.75) is 20.3 Å². The van der Waals surface area contributed by atoms with Crippen LogP contribution in [-0.2, 0) is 16.0 Å². The van der Waals surface area contributed by atoms with Gasteiger partial charge >= 0.3 is 5.97 Å². The number of carbonyl (C=O) groups excluding carboxylic acids is 1. The van der Waals surface area contributed by atoms with Crippen molar-refractivity contribution in [2.24, 2.45) is 5.41 Å². The van der Waals surface area contributed by atoms with Gasteiger partial charge < -0.3 is 15.5 Å². The highest BCUT2D eigenvalue weighted by Crippen LogP contribution is 2.15. The third-order valence-electron chi connectivity index (χ3n) is 2.74. The van der Waals surface area contributed by atoms with Crippen LogP contribution in [0, 0.1) is 5.41 Å². The molecule has 5 nitrogen and oxygen atoms in total. The highest BCUT2D eigenvalue weighted by molar-refractivity contribution is 6.00. The highest BCUT2D eigenvalue weighted by atomic mass is 16.4. The van der Waals surface area contributed by atoms with Gasteiger partial charge in [-0.1, -0.05) is 12.1 Å². The van der Waals surface area contributed by atoms with E-state index in [1.807, 2.05) is 0 Å². The molecule has 0 saturated heterocycles. The van der Waals surface area contributed by atoms with Gasteiger partial charge in [0.1, 0.15) is 11.2 Å². The molecule has 0 unspecified atom stereocenters. The Morgan fingerprint density at radius 2 is 1.78 bits per heavy atom. The van der Waals surface area contributed by atoms with E-state index in [-0.39, 0.29) is 5.75 Å². The molecule has 1 amide bonds. The minimum absolute atomic E-state index is 0.190. The minimum atomic E-state index is -1.42. The van der Waals surface area contributed by atoms with Crippen molar-refractivity contribution in [3.63, 3.8) is 0 Å². The molecule has 0 heterocycles. The van der Waals surface area contributed by atoms with Crippen LogP contribution in [0.5, 0.6) is 5.75 Å². The average Bonchev–Trinajstić information content (AvgIpc) is 2.31. The van der Waals surface area contributed by atoms with E-state index in [0.717, 1.165) is 5.56 Å². The summed E-state index contributed by atoms with van der Waals surface area (Å²) in [6.45, 7) is 3.09. The number of benzene rings is 1. The number of phenols is 1. The van der Waals surface area contributed by atoms with Gasteiger partial charge in [0.25, 0.3) is 0 Å². The number of carboxylic acid groups (broad SMARTS) is 1. The molecule has 18 heavy (non-hydrogen) atoms. The predicted molar refractivity (Wildman–Crippen MR) is 66.2 cm³/mol. The molecule has 5 heteroatoms. The first kappa shape index (κ1) is 14.0. The molecule has 98 valence electrons. The van der Waals surface area contributed by atoms with E-state index in [2.05, 4.69) is 5.32 Å². The fourth-order valence-electron chi connectivity index (χ4n) is 1.30. The number of amides is 1. The summed E-state index contributed by atoms with van der Waals surface area (Å²) in [5.74, 6) is -1.46. The Bertz CT molecular complexity index is 437. The van der Waals surface area contributed by atoms with Crippen molar-refractivity contribution in [2.75, 3.05) is 6.54 Å². The normalized spacial score (nSPS) is 11.0. The van der Waals surface area contributed by atoms with E-state index < -0.39 is 17.3 Å².